The Morgan fingerprint density at radius 1 is 1.31 bits per heavy atom. The van der Waals surface area contributed by atoms with Gasteiger partial charge in [0.25, 0.3) is 0 Å². The minimum atomic E-state index is -4.32. The highest BCUT2D eigenvalue weighted by molar-refractivity contribution is 5.32. The quantitative estimate of drug-likeness (QED) is 0.780. The van der Waals surface area contributed by atoms with Gasteiger partial charge in [-0.05, 0) is 0 Å². The maximum Gasteiger partial charge on any atom is 0.394 e. The molecule has 7 heteroatoms. The molecule has 0 unspecified atom stereocenters. The molecule has 1 aliphatic rings. The number of nitrogens with zero attached hydrogens (tertiary/aromatic N) is 3. The average molecular weight is 228 g/mol. The van der Waals surface area contributed by atoms with Crippen LogP contribution in [0.3, 0.4) is 0 Å². The fraction of sp³-hybridized carbons (Fsp3) is 0.444. The molecule has 1 aliphatic heterocycles. The summed E-state index contributed by atoms with van der Waals surface area (Å²) in [6, 6.07) is 1.67. The van der Waals surface area contributed by atoms with E-state index in [1.54, 1.807) is 6.07 Å². The Balaban J connectivity index is 2.44. The maximum atomic E-state index is 12.3. The van der Waals surface area contributed by atoms with Gasteiger partial charge in [0, 0.05) is 18.7 Å². The normalized spacial score (nSPS) is 14.6. The number of aromatic nitrogens is 2. The van der Waals surface area contributed by atoms with Crippen molar-refractivity contribution in [2.24, 2.45) is 0 Å². The van der Waals surface area contributed by atoms with Crippen LogP contribution in [0.25, 0.3) is 0 Å². The van der Waals surface area contributed by atoms with E-state index in [9.17, 15) is 13.2 Å². The first-order chi connectivity index (χ1) is 7.49. The van der Waals surface area contributed by atoms with Crippen LogP contribution >= 0.6 is 0 Å². The van der Waals surface area contributed by atoms with Crippen LogP contribution in [-0.2, 0) is 19.5 Å². The van der Waals surface area contributed by atoms with Crippen molar-refractivity contribution in [3.05, 3.63) is 22.8 Å². The molecule has 0 saturated heterocycles. The Morgan fingerprint density at radius 3 is 2.69 bits per heavy atom. The first-order valence-corrected chi connectivity index (χ1v) is 4.56. The Labute approximate surface area is 89.1 Å². The Kier molecular flexibility index (Phi) is 2.52. The molecule has 2 rings (SSSR count). The fourth-order valence-corrected chi connectivity index (χ4v) is 1.62. The molecule has 1 aromatic heterocycles. The molecular weight excluding hydrogens is 221 g/mol. The second-order valence-corrected chi connectivity index (χ2v) is 3.43. The topological polar surface area (TPSA) is 61.6 Å². The highest BCUT2D eigenvalue weighted by Crippen LogP contribution is 2.25. The third kappa shape index (κ3) is 2.12. The highest BCUT2D eigenvalue weighted by atomic mass is 19.4. The van der Waals surface area contributed by atoms with Crippen molar-refractivity contribution in [3.8, 4) is 6.07 Å². The molecule has 0 amide bonds. The number of nitriles is 1. The van der Waals surface area contributed by atoms with E-state index in [-0.39, 0.29) is 11.5 Å². The highest BCUT2D eigenvalue weighted by Gasteiger charge is 2.32. The van der Waals surface area contributed by atoms with Crippen LogP contribution in [0.5, 0.6) is 0 Å². The molecule has 0 aromatic carbocycles. The lowest BCUT2D eigenvalue weighted by Gasteiger charge is -2.09. The van der Waals surface area contributed by atoms with Crippen molar-refractivity contribution in [1.82, 2.24) is 15.3 Å². The van der Waals surface area contributed by atoms with Crippen molar-refractivity contribution in [1.29, 1.82) is 5.26 Å². The van der Waals surface area contributed by atoms with Crippen molar-refractivity contribution >= 4 is 0 Å². The summed E-state index contributed by atoms with van der Waals surface area (Å²) < 4.78 is 36.8. The van der Waals surface area contributed by atoms with Gasteiger partial charge in [-0.3, -0.25) is 0 Å². The van der Waals surface area contributed by atoms with Crippen LogP contribution < -0.4 is 5.32 Å². The van der Waals surface area contributed by atoms with Crippen LogP contribution in [0.4, 0.5) is 13.2 Å². The number of rotatable bonds is 1. The molecule has 0 bridgehead atoms. The zero-order valence-electron chi connectivity index (χ0n) is 8.10. The SMILES string of the molecule is N#Cc1nc2c(c(CC(F)(F)F)n1)CNC2. The number of hydrogen-bond donors (Lipinski definition) is 1. The molecule has 0 saturated carbocycles. The van der Waals surface area contributed by atoms with E-state index in [1.165, 1.54) is 0 Å². The van der Waals surface area contributed by atoms with Gasteiger partial charge in [-0.2, -0.15) is 18.4 Å². The monoisotopic (exact) mass is 228 g/mol. The standard InChI is InChI=1S/C9H7F3N4/c10-9(11,12)1-6-5-3-14-4-7(5)16-8(2-13)15-6/h14H,1,3-4H2. The lowest BCUT2D eigenvalue weighted by Crippen LogP contribution is -2.16. The van der Waals surface area contributed by atoms with Crippen LogP contribution in [-0.4, -0.2) is 16.1 Å². The molecule has 2 heterocycles. The van der Waals surface area contributed by atoms with Gasteiger partial charge in [0.1, 0.15) is 6.07 Å². The number of fused-ring (bicyclic) bond motifs is 1. The van der Waals surface area contributed by atoms with Gasteiger partial charge in [0.15, 0.2) is 0 Å². The van der Waals surface area contributed by atoms with E-state index in [0.29, 0.717) is 24.3 Å². The number of nitrogens with one attached hydrogen (secondary N) is 1. The van der Waals surface area contributed by atoms with Crippen molar-refractivity contribution in [3.63, 3.8) is 0 Å². The van der Waals surface area contributed by atoms with E-state index in [1.807, 2.05) is 0 Å². The largest absolute Gasteiger partial charge is 0.394 e. The summed E-state index contributed by atoms with van der Waals surface area (Å²) in [5.74, 6) is -0.207. The molecule has 1 aromatic rings. The lowest BCUT2D eigenvalue weighted by atomic mass is 10.1. The molecule has 0 aliphatic carbocycles. The fourth-order valence-electron chi connectivity index (χ4n) is 1.62. The van der Waals surface area contributed by atoms with E-state index >= 15 is 0 Å². The molecule has 16 heavy (non-hydrogen) atoms. The third-order valence-corrected chi connectivity index (χ3v) is 2.24. The summed E-state index contributed by atoms with van der Waals surface area (Å²) in [5.41, 5.74) is 0.862. The third-order valence-electron chi connectivity index (χ3n) is 2.24. The molecule has 0 radical (unpaired) electrons. The Hall–Kier alpha value is -1.68. The predicted octanol–water partition coefficient (Wildman–Crippen LogP) is 1.06. The second kappa shape index (κ2) is 3.72. The van der Waals surface area contributed by atoms with Crippen molar-refractivity contribution in [2.75, 3.05) is 0 Å². The van der Waals surface area contributed by atoms with Crippen LogP contribution in [0.1, 0.15) is 22.8 Å². The molecule has 84 valence electrons. The van der Waals surface area contributed by atoms with E-state index in [4.69, 9.17) is 5.26 Å². The van der Waals surface area contributed by atoms with Gasteiger partial charge in [-0.25, -0.2) is 9.97 Å². The molecule has 0 atom stereocenters. The smallest absolute Gasteiger partial charge is 0.307 e. The zero-order valence-corrected chi connectivity index (χ0v) is 8.10. The average Bonchev–Trinajstić information content (AvgIpc) is 2.63. The summed E-state index contributed by atoms with van der Waals surface area (Å²) in [6.07, 6.45) is -5.44. The molecule has 0 spiro atoms. The van der Waals surface area contributed by atoms with Gasteiger partial charge in [-0.15, -0.1) is 0 Å². The molecule has 1 N–H and O–H groups in total. The lowest BCUT2D eigenvalue weighted by molar-refractivity contribution is -0.128. The maximum absolute atomic E-state index is 12.3. The summed E-state index contributed by atoms with van der Waals surface area (Å²) in [7, 11) is 0. The van der Waals surface area contributed by atoms with E-state index < -0.39 is 12.6 Å². The van der Waals surface area contributed by atoms with Gasteiger partial charge < -0.3 is 5.32 Å². The minimum Gasteiger partial charge on any atom is -0.307 e. The van der Waals surface area contributed by atoms with E-state index in [0.717, 1.165) is 0 Å². The van der Waals surface area contributed by atoms with Gasteiger partial charge in [0.2, 0.25) is 5.82 Å². The first kappa shape index (κ1) is 10.8. The van der Waals surface area contributed by atoms with Crippen LogP contribution in [0.2, 0.25) is 0 Å². The van der Waals surface area contributed by atoms with E-state index in [2.05, 4.69) is 15.3 Å². The Bertz CT molecular complexity index is 461. The van der Waals surface area contributed by atoms with Crippen LogP contribution in [0, 0.1) is 11.3 Å². The number of halogens is 3. The summed E-state index contributed by atoms with van der Waals surface area (Å²) in [4.78, 5) is 7.48. The zero-order chi connectivity index (χ0) is 11.8. The first-order valence-electron chi connectivity index (χ1n) is 4.56. The summed E-state index contributed by atoms with van der Waals surface area (Å²) in [5, 5.41) is 11.5. The van der Waals surface area contributed by atoms with Crippen molar-refractivity contribution < 1.29 is 13.2 Å². The number of hydrogen-bond acceptors (Lipinski definition) is 4. The van der Waals surface area contributed by atoms with Crippen molar-refractivity contribution in [2.45, 2.75) is 25.7 Å². The molecule has 4 nitrogen and oxygen atoms in total. The van der Waals surface area contributed by atoms with Crippen LogP contribution in [0.15, 0.2) is 0 Å². The second-order valence-electron chi connectivity index (χ2n) is 3.43. The van der Waals surface area contributed by atoms with Gasteiger partial charge in [0.05, 0.1) is 17.8 Å². The summed E-state index contributed by atoms with van der Waals surface area (Å²) in [6.45, 7) is 0.712. The minimum absolute atomic E-state index is 0.0981. The molecule has 0 fully saturated rings. The Morgan fingerprint density at radius 2 is 2.06 bits per heavy atom. The number of alkyl halides is 3. The summed E-state index contributed by atoms with van der Waals surface area (Å²) >= 11 is 0. The van der Waals surface area contributed by atoms with Gasteiger partial charge >= 0.3 is 6.18 Å². The predicted molar refractivity (Wildman–Crippen MR) is 47.0 cm³/mol. The van der Waals surface area contributed by atoms with Gasteiger partial charge in [-0.1, -0.05) is 0 Å². The molecular formula is C9H7F3N4.